The minimum Gasteiger partial charge on any atom is -0.389 e. The molecule has 0 spiro atoms. The summed E-state index contributed by atoms with van der Waals surface area (Å²) < 4.78 is 4.99. The SMILES string of the molecule is COCC(O)CN1CCC(NCC2CCCC(C)C2)CC1. The minimum atomic E-state index is -0.344. The molecule has 2 N–H and O–H groups in total. The summed E-state index contributed by atoms with van der Waals surface area (Å²) >= 11 is 0. The molecule has 124 valence electrons. The highest BCUT2D eigenvalue weighted by Gasteiger charge is 2.23. The van der Waals surface area contributed by atoms with E-state index in [1.807, 2.05) is 0 Å². The van der Waals surface area contributed by atoms with Crippen molar-refractivity contribution in [3.8, 4) is 0 Å². The van der Waals surface area contributed by atoms with Gasteiger partial charge < -0.3 is 20.1 Å². The summed E-state index contributed by atoms with van der Waals surface area (Å²) in [5.41, 5.74) is 0. The lowest BCUT2D eigenvalue weighted by Crippen LogP contribution is -2.46. The molecule has 0 aromatic rings. The molecule has 1 aliphatic carbocycles. The number of ether oxygens (including phenoxy) is 1. The van der Waals surface area contributed by atoms with Gasteiger partial charge in [0.2, 0.25) is 0 Å². The predicted molar refractivity (Wildman–Crippen MR) is 86.5 cm³/mol. The number of piperidine rings is 1. The van der Waals surface area contributed by atoms with E-state index in [0.29, 0.717) is 12.6 Å². The normalized spacial score (nSPS) is 30.4. The summed E-state index contributed by atoms with van der Waals surface area (Å²) in [7, 11) is 1.64. The third kappa shape index (κ3) is 6.23. The largest absolute Gasteiger partial charge is 0.389 e. The fourth-order valence-electron chi connectivity index (χ4n) is 3.94. The van der Waals surface area contributed by atoms with Gasteiger partial charge in [-0.3, -0.25) is 0 Å². The smallest absolute Gasteiger partial charge is 0.0900 e. The van der Waals surface area contributed by atoms with Crippen LogP contribution >= 0.6 is 0 Å². The first kappa shape index (κ1) is 17.2. The van der Waals surface area contributed by atoms with E-state index in [1.54, 1.807) is 7.11 Å². The first-order chi connectivity index (χ1) is 10.2. The van der Waals surface area contributed by atoms with Gasteiger partial charge in [0.05, 0.1) is 12.7 Å². The Morgan fingerprint density at radius 1 is 1.24 bits per heavy atom. The van der Waals surface area contributed by atoms with Crippen molar-refractivity contribution < 1.29 is 9.84 Å². The molecule has 1 saturated carbocycles. The maximum absolute atomic E-state index is 9.78. The fourth-order valence-corrected chi connectivity index (χ4v) is 3.94. The van der Waals surface area contributed by atoms with Gasteiger partial charge in [-0.1, -0.05) is 19.8 Å². The van der Waals surface area contributed by atoms with Crippen LogP contribution in [0.4, 0.5) is 0 Å². The van der Waals surface area contributed by atoms with Crippen LogP contribution in [0.15, 0.2) is 0 Å². The van der Waals surface area contributed by atoms with Gasteiger partial charge in [0, 0.05) is 19.7 Å². The lowest BCUT2D eigenvalue weighted by Gasteiger charge is -2.35. The molecule has 3 atom stereocenters. The van der Waals surface area contributed by atoms with E-state index in [4.69, 9.17) is 4.74 Å². The Balaban J connectivity index is 1.58. The summed E-state index contributed by atoms with van der Waals surface area (Å²) in [5.74, 6) is 1.82. The second kappa shape index (κ2) is 9.09. The Morgan fingerprint density at radius 2 is 2.00 bits per heavy atom. The number of hydrogen-bond donors (Lipinski definition) is 2. The number of rotatable bonds is 7. The quantitative estimate of drug-likeness (QED) is 0.753. The number of nitrogens with one attached hydrogen (secondary N) is 1. The van der Waals surface area contributed by atoms with Crippen molar-refractivity contribution >= 4 is 0 Å². The van der Waals surface area contributed by atoms with E-state index in [1.165, 1.54) is 45.1 Å². The maximum Gasteiger partial charge on any atom is 0.0900 e. The van der Waals surface area contributed by atoms with E-state index in [-0.39, 0.29) is 6.10 Å². The number of β-amino-alcohol motifs (C(OH)–C–C–N with tert-alkyl or cyclic N) is 1. The number of hydrogen-bond acceptors (Lipinski definition) is 4. The molecular formula is C17H34N2O2. The van der Waals surface area contributed by atoms with Crippen LogP contribution in [0.5, 0.6) is 0 Å². The summed E-state index contributed by atoms with van der Waals surface area (Å²) in [5, 5.41) is 13.6. The average Bonchev–Trinajstić information content (AvgIpc) is 2.47. The summed E-state index contributed by atoms with van der Waals surface area (Å²) in [6.07, 6.45) is 7.75. The van der Waals surface area contributed by atoms with Crippen molar-refractivity contribution in [3.63, 3.8) is 0 Å². The molecular weight excluding hydrogens is 264 g/mol. The van der Waals surface area contributed by atoms with Crippen LogP contribution in [0.2, 0.25) is 0 Å². The Hall–Kier alpha value is -0.160. The third-order valence-electron chi connectivity index (χ3n) is 5.16. The lowest BCUT2D eigenvalue weighted by atomic mass is 9.82. The monoisotopic (exact) mass is 298 g/mol. The zero-order valence-electron chi connectivity index (χ0n) is 13.9. The molecule has 0 aromatic heterocycles. The van der Waals surface area contributed by atoms with Crippen molar-refractivity contribution in [1.82, 2.24) is 10.2 Å². The Labute approximate surface area is 130 Å². The fraction of sp³-hybridized carbons (Fsp3) is 1.00. The van der Waals surface area contributed by atoms with Crippen molar-refractivity contribution in [1.29, 1.82) is 0 Å². The van der Waals surface area contributed by atoms with Crippen molar-refractivity contribution in [2.75, 3.05) is 39.9 Å². The molecule has 0 aromatic carbocycles. The van der Waals surface area contributed by atoms with E-state index >= 15 is 0 Å². The second-order valence-corrected chi connectivity index (χ2v) is 7.23. The standard InChI is InChI=1S/C17H34N2O2/c1-14-4-3-5-15(10-14)11-18-16-6-8-19(9-7-16)12-17(20)13-21-2/h14-18,20H,3-13H2,1-2H3. The number of nitrogens with zero attached hydrogens (tertiary/aromatic N) is 1. The van der Waals surface area contributed by atoms with Gasteiger partial charge >= 0.3 is 0 Å². The number of methoxy groups -OCH3 is 1. The van der Waals surface area contributed by atoms with Crippen LogP contribution in [0, 0.1) is 11.8 Å². The van der Waals surface area contributed by atoms with Crippen molar-refractivity contribution in [2.24, 2.45) is 11.8 Å². The minimum absolute atomic E-state index is 0.344. The Bertz CT molecular complexity index is 280. The molecule has 0 bridgehead atoms. The Kier molecular flexibility index (Phi) is 7.44. The van der Waals surface area contributed by atoms with Crippen LogP contribution in [0.1, 0.15) is 45.4 Å². The summed E-state index contributed by atoms with van der Waals surface area (Å²) in [6.45, 7) is 7.00. The van der Waals surface area contributed by atoms with E-state index < -0.39 is 0 Å². The van der Waals surface area contributed by atoms with Gasteiger partial charge in [-0.15, -0.1) is 0 Å². The maximum atomic E-state index is 9.78. The second-order valence-electron chi connectivity index (χ2n) is 7.23. The molecule has 0 radical (unpaired) electrons. The van der Waals surface area contributed by atoms with Gasteiger partial charge in [0.15, 0.2) is 0 Å². The van der Waals surface area contributed by atoms with Gasteiger partial charge in [-0.2, -0.15) is 0 Å². The summed E-state index contributed by atoms with van der Waals surface area (Å²) in [4.78, 5) is 2.37. The highest BCUT2D eigenvalue weighted by molar-refractivity contribution is 4.80. The first-order valence-electron chi connectivity index (χ1n) is 8.80. The number of aliphatic hydroxyl groups excluding tert-OH is 1. The van der Waals surface area contributed by atoms with E-state index in [9.17, 15) is 5.11 Å². The van der Waals surface area contributed by atoms with Gasteiger partial charge in [0.1, 0.15) is 0 Å². The Morgan fingerprint density at radius 3 is 2.67 bits per heavy atom. The molecule has 2 rings (SSSR count). The van der Waals surface area contributed by atoms with Crippen LogP contribution in [-0.4, -0.2) is 62.0 Å². The molecule has 1 heterocycles. The van der Waals surface area contributed by atoms with Crippen molar-refractivity contribution in [3.05, 3.63) is 0 Å². The van der Waals surface area contributed by atoms with E-state index in [0.717, 1.165) is 31.5 Å². The van der Waals surface area contributed by atoms with Gasteiger partial charge in [0.25, 0.3) is 0 Å². The summed E-state index contributed by atoms with van der Waals surface area (Å²) in [6, 6.07) is 0.679. The van der Waals surface area contributed by atoms with Crippen molar-refractivity contribution in [2.45, 2.75) is 57.6 Å². The molecule has 0 amide bonds. The van der Waals surface area contributed by atoms with Crippen LogP contribution in [-0.2, 0) is 4.74 Å². The molecule has 4 nitrogen and oxygen atoms in total. The third-order valence-corrected chi connectivity index (χ3v) is 5.16. The molecule has 2 fully saturated rings. The molecule has 21 heavy (non-hydrogen) atoms. The number of likely N-dealkylation sites (tertiary alicyclic amines) is 1. The molecule has 1 saturated heterocycles. The van der Waals surface area contributed by atoms with Crippen LogP contribution in [0.25, 0.3) is 0 Å². The molecule has 3 unspecified atom stereocenters. The van der Waals surface area contributed by atoms with Gasteiger partial charge in [-0.05, 0) is 57.2 Å². The van der Waals surface area contributed by atoms with Gasteiger partial charge in [-0.25, -0.2) is 0 Å². The predicted octanol–water partition coefficient (Wildman–Crippen LogP) is 1.87. The molecule has 1 aliphatic heterocycles. The van der Waals surface area contributed by atoms with Crippen LogP contribution < -0.4 is 5.32 Å². The zero-order valence-corrected chi connectivity index (χ0v) is 13.9. The molecule has 4 heteroatoms. The topological polar surface area (TPSA) is 44.7 Å². The first-order valence-corrected chi connectivity index (χ1v) is 8.80. The highest BCUT2D eigenvalue weighted by Crippen LogP contribution is 2.28. The van der Waals surface area contributed by atoms with E-state index in [2.05, 4.69) is 17.1 Å². The zero-order chi connectivity index (χ0) is 15.1. The molecule has 2 aliphatic rings. The number of aliphatic hydroxyl groups is 1. The highest BCUT2D eigenvalue weighted by atomic mass is 16.5. The van der Waals surface area contributed by atoms with Crippen LogP contribution in [0.3, 0.4) is 0 Å². The average molecular weight is 298 g/mol. The lowest BCUT2D eigenvalue weighted by molar-refractivity contribution is 0.0309.